The molecule has 0 radical (unpaired) electrons. The first-order valence-corrected chi connectivity index (χ1v) is 6.62. The van der Waals surface area contributed by atoms with Crippen molar-refractivity contribution in [2.45, 2.75) is 26.2 Å². The van der Waals surface area contributed by atoms with Crippen molar-refractivity contribution >= 4 is 0 Å². The Hall–Kier alpha value is -1.67. The van der Waals surface area contributed by atoms with E-state index in [2.05, 4.69) is 32.0 Å². The van der Waals surface area contributed by atoms with Gasteiger partial charge in [-0.25, -0.2) is 4.39 Å². The van der Waals surface area contributed by atoms with Gasteiger partial charge in [-0.2, -0.15) is 0 Å². The Morgan fingerprint density at radius 1 is 1.11 bits per heavy atom. The molecule has 2 N–H and O–H groups in total. The molecule has 2 heteroatoms. The number of nitrogens with two attached hydrogens (primary N) is 1. The molecular formula is C17H20FN. The molecule has 1 unspecified atom stereocenters. The molecule has 2 rings (SSSR count). The molecule has 1 atom stereocenters. The minimum Gasteiger partial charge on any atom is -0.330 e. The van der Waals surface area contributed by atoms with E-state index in [4.69, 9.17) is 5.73 Å². The molecule has 0 bridgehead atoms. The Labute approximate surface area is 114 Å². The lowest BCUT2D eigenvalue weighted by atomic mass is 9.88. The zero-order valence-electron chi connectivity index (χ0n) is 11.5. The third kappa shape index (κ3) is 3.42. The molecule has 0 amide bonds. The van der Waals surface area contributed by atoms with Crippen LogP contribution < -0.4 is 5.73 Å². The van der Waals surface area contributed by atoms with Crippen molar-refractivity contribution < 1.29 is 4.39 Å². The van der Waals surface area contributed by atoms with Gasteiger partial charge in [-0.05, 0) is 55.6 Å². The van der Waals surface area contributed by atoms with Crippen LogP contribution in [0.3, 0.4) is 0 Å². The molecule has 0 saturated heterocycles. The van der Waals surface area contributed by atoms with Crippen molar-refractivity contribution in [3.63, 3.8) is 0 Å². The zero-order chi connectivity index (χ0) is 13.8. The van der Waals surface area contributed by atoms with Crippen LogP contribution in [0, 0.1) is 19.7 Å². The highest BCUT2D eigenvalue weighted by molar-refractivity contribution is 5.35. The molecule has 0 aliphatic heterocycles. The Balaban J connectivity index is 2.27. The minimum absolute atomic E-state index is 0.186. The number of rotatable bonds is 4. The topological polar surface area (TPSA) is 26.0 Å². The zero-order valence-corrected chi connectivity index (χ0v) is 11.5. The predicted octanol–water partition coefficient (Wildman–Crippen LogP) is 3.73. The van der Waals surface area contributed by atoms with Gasteiger partial charge in [0.15, 0.2) is 0 Å². The molecule has 19 heavy (non-hydrogen) atoms. The van der Waals surface area contributed by atoms with Gasteiger partial charge in [-0.15, -0.1) is 0 Å². The lowest BCUT2D eigenvalue weighted by Gasteiger charge is -2.18. The van der Waals surface area contributed by atoms with Gasteiger partial charge in [0.2, 0.25) is 0 Å². The van der Waals surface area contributed by atoms with E-state index >= 15 is 0 Å². The molecule has 0 aliphatic rings. The van der Waals surface area contributed by atoms with Gasteiger partial charge in [0, 0.05) is 5.92 Å². The molecule has 0 aliphatic carbocycles. The molecule has 2 aromatic rings. The molecule has 0 heterocycles. The summed E-state index contributed by atoms with van der Waals surface area (Å²) in [5.74, 6) is 0.0518. The molecule has 1 nitrogen and oxygen atoms in total. The SMILES string of the molecule is Cc1ccc(C)c(C(CN)Cc2cccc(F)c2)c1. The largest absolute Gasteiger partial charge is 0.330 e. The molecule has 100 valence electrons. The van der Waals surface area contributed by atoms with Crippen molar-refractivity contribution in [2.24, 2.45) is 5.73 Å². The fourth-order valence-corrected chi connectivity index (χ4v) is 2.47. The molecule has 0 aromatic heterocycles. The smallest absolute Gasteiger partial charge is 0.123 e. The molecule has 0 fully saturated rings. The summed E-state index contributed by atoms with van der Waals surface area (Å²) in [4.78, 5) is 0. The van der Waals surface area contributed by atoms with Crippen LogP contribution >= 0.6 is 0 Å². The summed E-state index contributed by atoms with van der Waals surface area (Å²) in [6.07, 6.45) is 0.776. The predicted molar refractivity (Wildman–Crippen MR) is 77.8 cm³/mol. The Morgan fingerprint density at radius 3 is 2.58 bits per heavy atom. The summed E-state index contributed by atoms with van der Waals surface area (Å²) < 4.78 is 13.2. The third-order valence-electron chi connectivity index (χ3n) is 3.53. The van der Waals surface area contributed by atoms with E-state index in [9.17, 15) is 4.39 Å². The summed E-state index contributed by atoms with van der Waals surface area (Å²) in [6, 6.07) is 13.2. The first-order valence-electron chi connectivity index (χ1n) is 6.62. The fourth-order valence-electron chi connectivity index (χ4n) is 2.47. The standard InChI is InChI=1S/C17H20FN/c1-12-6-7-13(2)17(8-12)15(11-19)9-14-4-3-5-16(18)10-14/h3-8,10,15H,9,11,19H2,1-2H3. The van der Waals surface area contributed by atoms with Crippen LogP contribution in [0.2, 0.25) is 0 Å². The lowest BCUT2D eigenvalue weighted by Crippen LogP contribution is -2.16. The van der Waals surface area contributed by atoms with Gasteiger partial charge < -0.3 is 5.73 Å². The summed E-state index contributed by atoms with van der Waals surface area (Å²) in [5.41, 5.74) is 10.7. The molecule has 0 spiro atoms. The lowest BCUT2D eigenvalue weighted by molar-refractivity contribution is 0.620. The van der Waals surface area contributed by atoms with Crippen LogP contribution in [-0.4, -0.2) is 6.54 Å². The third-order valence-corrected chi connectivity index (χ3v) is 3.53. The first kappa shape index (κ1) is 13.8. The first-order chi connectivity index (χ1) is 9.10. The Bertz CT molecular complexity index is 563. The normalized spacial score (nSPS) is 12.4. The van der Waals surface area contributed by atoms with E-state index in [1.165, 1.54) is 22.8 Å². The van der Waals surface area contributed by atoms with Crippen LogP contribution in [0.1, 0.15) is 28.2 Å². The van der Waals surface area contributed by atoms with Gasteiger partial charge in [0.25, 0.3) is 0 Å². The van der Waals surface area contributed by atoms with Crippen LogP contribution in [0.4, 0.5) is 4.39 Å². The molecular weight excluding hydrogens is 237 g/mol. The van der Waals surface area contributed by atoms with E-state index in [1.54, 1.807) is 12.1 Å². The van der Waals surface area contributed by atoms with E-state index in [1.807, 2.05) is 6.07 Å². The highest BCUT2D eigenvalue weighted by atomic mass is 19.1. The maximum absolute atomic E-state index is 13.2. The van der Waals surface area contributed by atoms with Crippen LogP contribution in [-0.2, 0) is 6.42 Å². The Morgan fingerprint density at radius 2 is 1.89 bits per heavy atom. The van der Waals surface area contributed by atoms with Crippen molar-refractivity contribution in [3.8, 4) is 0 Å². The molecule has 2 aromatic carbocycles. The van der Waals surface area contributed by atoms with Crippen molar-refractivity contribution in [3.05, 3.63) is 70.5 Å². The average Bonchev–Trinajstić information content (AvgIpc) is 2.39. The maximum atomic E-state index is 13.2. The highest BCUT2D eigenvalue weighted by Crippen LogP contribution is 2.24. The van der Waals surface area contributed by atoms with Gasteiger partial charge in [-0.3, -0.25) is 0 Å². The van der Waals surface area contributed by atoms with Crippen LogP contribution in [0.5, 0.6) is 0 Å². The van der Waals surface area contributed by atoms with Gasteiger partial charge in [-0.1, -0.05) is 35.9 Å². The Kier molecular flexibility index (Phi) is 4.33. The second-order valence-electron chi connectivity index (χ2n) is 5.13. The van der Waals surface area contributed by atoms with Gasteiger partial charge in [0.05, 0.1) is 0 Å². The molecule has 0 saturated carbocycles. The van der Waals surface area contributed by atoms with E-state index in [0.717, 1.165) is 12.0 Å². The van der Waals surface area contributed by atoms with Crippen molar-refractivity contribution in [1.82, 2.24) is 0 Å². The summed E-state index contributed by atoms with van der Waals surface area (Å²) in [7, 11) is 0. The van der Waals surface area contributed by atoms with Gasteiger partial charge in [0.1, 0.15) is 5.82 Å². The number of hydrogen-bond acceptors (Lipinski definition) is 1. The summed E-state index contributed by atoms with van der Waals surface area (Å²) in [5, 5.41) is 0. The van der Waals surface area contributed by atoms with E-state index in [-0.39, 0.29) is 11.7 Å². The maximum Gasteiger partial charge on any atom is 0.123 e. The number of hydrogen-bond donors (Lipinski definition) is 1. The summed E-state index contributed by atoms with van der Waals surface area (Å²) in [6.45, 7) is 4.75. The van der Waals surface area contributed by atoms with Crippen molar-refractivity contribution in [1.29, 1.82) is 0 Å². The minimum atomic E-state index is -0.186. The average molecular weight is 257 g/mol. The van der Waals surface area contributed by atoms with Crippen molar-refractivity contribution in [2.75, 3.05) is 6.54 Å². The van der Waals surface area contributed by atoms with E-state index in [0.29, 0.717) is 6.54 Å². The monoisotopic (exact) mass is 257 g/mol. The number of halogens is 1. The van der Waals surface area contributed by atoms with Crippen LogP contribution in [0.25, 0.3) is 0 Å². The fraction of sp³-hybridized carbons (Fsp3) is 0.294. The van der Waals surface area contributed by atoms with E-state index < -0.39 is 0 Å². The summed E-state index contributed by atoms with van der Waals surface area (Å²) >= 11 is 0. The van der Waals surface area contributed by atoms with Gasteiger partial charge >= 0.3 is 0 Å². The number of benzene rings is 2. The second kappa shape index (κ2) is 5.98. The van der Waals surface area contributed by atoms with Crippen LogP contribution in [0.15, 0.2) is 42.5 Å². The highest BCUT2D eigenvalue weighted by Gasteiger charge is 2.13. The quantitative estimate of drug-likeness (QED) is 0.887. The second-order valence-corrected chi connectivity index (χ2v) is 5.13. The number of aryl methyl sites for hydroxylation is 2.